The van der Waals surface area contributed by atoms with Gasteiger partial charge >= 0.3 is 0 Å². The summed E-state index contributed by atoms with van der Waals surface area (Å²) in [4.78, 5) is 19.3. The van der Waals surface area contributed by atoms with E-state index in [0.717, 1.165) is 51.5 Å². The molecule has 4 aliphatic carbocycles. The Balaban J connectivity index is 1.27. The molecule has 1 amide bonds. The summed E-state index contributed by atoms with van der Waals surface area (Å²) in [6.07, 6.45) is 6.57. The Morgan fingerprint density at radius 2 is 2.04 bits per heavy atom. The van der Waals surface area contributed by atoms with E-state index >= 15 is 0 Å². The van der Waals surface area contributed by atoms with Crippen LogP contribution in [0.5, 0.6) is 0 Å². The summed E-state index contributed by atoms with van der Waals surface area (Å²) < 4.78 is 13.5. The van der Waals surface area contributed by atoms with Crippen molar-refractivity contribution < 1.29 is 14.3 Å². The molecule has 27 heavy (non-hydrogen) atoms. The number of rotatable bonds is 3. The van der Waals surface area contributed by atoms with Gasteiger partial charge in [0.2, 0.25) is 11.9 Å². The number of anilines is 1. The van der Waals surface area contributed by atoms with Crippen LogP contribution in [0.25, 0.3) is 0 Å². The molecule has 0 spiro atoms. The Hall–Kier alpha value is -1.69. The first-order valence-electron chi connectivity index (χ1n) is 10.4. The van der Waals surface area contributed by atoms with Gasteiger partial charge in [-0.15, -0.1) is 0 Å². The number of piperidine rings is 1. The number of nitrogens with one attached hydrogen (secondary N) is 1. The molecule has 5 nitrogen and oxygen atoms in total. The van der Waals surface area contributed by atoms with E-state index in [1.165, 1.54) is 6.07 Å². The SMILES string of the molecule is O=C(N[C@H]1CCCN(c2cccc(F)n2)C1)C12CC3CC(C1)C(O)C(C3)C2. The molecule has 1 saturated heterocycles. The quantitative estimate of drug-likeness (QED) is 0.799. The highest BCUT2D eigenvalue weighted by molar-refractivity contribution is 5.83. The molecule has 1 aromatic heterocycles. The molecule has 5 fully saturated rings. The van der Waals surface area contributed by atoms with Crippen LogP contribution in [0, 0.1) is 29.1 Å². The van der Waals surface area contributed by atoms with Crippen molar-refractivity contribution in [3.63, 3.8) is 0 Å². The molecule has 2 heterocycles. The second kappa shape index (κ2) is 6.43. The van der Waals surface area contributed by atoms with Crippen LogP contribution in [0.1, 0.15) is 44.9 Å². The number of amides is 1. The Morgan fingerprint density at radius 3 is 2.78 bits per heavy atom. The maximum atomic E-state index is 13.5. The smallest absolute Gasteiger partial charge is 0.226 e. The summed E-state index contributed by atoms with van der Waals surface area (Å²) in [5.41, 5.74) is -0.269. The number of aliphatic hydroxyl groups is 1. The summed E-state index contributed by atoms with van der Waals surface area (Å²) in [5.74, 6) is 1.59. The monoisotopic (exact) mass is 373 g/mol. The van der Waals surface area contributed by atoms with Crippen molar-refractivity contribution in [3.8, 4) is 0 Å². The van der Waals surface area contributed by atoms with Crippen LogP contribution in [0.3, 0.4) is 0 Å². The number of hydrogen-bond donors (Lipinski definition) is 2. The Bertz CT molecular complexity index is 726. The van der Waals surface area contributed by atoms with Crippen molar-refractivity contribution in [2.24, 2.45) is 23.2 Å². The molecule has 146 valence electrons. The summed E-state index contributed by atoms with van der Waals surface area (Å²) in [6, 6.07) is 4.94. The van der Waals surface area contributed by atoms with Gasteiger partial charge in [-0.2, -0.15) is 4.39 Å². The highest BCUT2D eigenvalue weighted by Gasteiger charge is 2.58. The average molecular weight is 373 g/mol. The van der Waals surface area contributed by atoms with E-state index in [9.17, 15) is 14.3 Å². The first kappa shape index (κ1) is 17.4. The van der Waals surface area contributed by atoms with E-state index in [4.69, 9.17) is 0 Å². The van der Waals surface area contributed by atoms with Gasteiger partial charge in [-0.05, 0) is 74.8 Å². The zero-order chi connectivity index (χ0) is 18.6. The molecule has 4 bridgehead atoms. The summed E-state index contributed by atoms with van der Waals surface area (Å²) in [7, 11) is 0. The highest BCUT2D eigenvalue weighted by Crippen LogP contribution is 2.60. The first-order valence-corrected chi connectivity index (χ1v) is 10.4. The third kappa shape index (κ3) is 3.02. The molecule has 0 aromatic carbocycles. The third-order valence-electron chi connectivity index (χ3n) is 7.49. The average Bonchev–Trinajstić information content (AvgIpc) is 2.65. The molecule has 5 aliphatic rings. The number of carbonyl (C=O) groups is 1. The second-order valence-electron chi connectivity index (χ2n) is 9.32. The van der Waals surface area contributed by atoms with Gasteiger partial charge < -0.3 is 15.3 Å². The van der Waals surface area contributed by atoms with Gasteiger partial charge in [-0.1, -0.05) is 6.07 Å². The summed E-state index contributed by atoms with van der Waals surface area (Å²) >= 11 is 0. The van der Waals surface area contributed by atoms with Gasteiger partial charge in [0.25, 0.3) is 0 Å². The lowest BCUT2D eigenvalue weighted by Crippen LogP contribution is -2.60. The number of halogens is 1. The molecular formula is C21H28FN3O2. The van der Waals surface area contributed by atoms with Gasteiger partial charge in [0.15, 0.2) is 0 Å². The molecule has 3 atom stereocenters. The maximum absolute atomic E-state index is 13.5. The fraction of sp³-hybridized carbons (Fsp3) is 0.714. The molecule has 6 heteroatoms. The number of carbonyl (C=O) groups excluding carboxylic acids is 1. The fourth-order valence-electron chi connectivity index (χ4n) is 6.49. The topological polar surface area (TPSA) is 65.5 Å². The summed E-state index contributed by atoms with van der Waals surface area (Å²) in [5, 5.41) is 13.8. The standard InChI is InChI=1S/C21H28FN3O2/c22-17-4-1-5-18(24-17)25-6-2-3-16(12-25)23-20(27)21-9-13-7-14(10-21)19(26)15(8-13)11-21/h1,4-5,13-16,19,26H,2-3,6-12H2,(H,23,27)/t13?,14?,15?,16-,19?,21?/m0/s1. The van der Waals surface area contributed by atoms with Gasteiger partial charge in [-0.3, -0.25) is 4.79 Å². The van der Waals surface area contributed by atoms with E-state index < -0.39 is 5.95 Å². The molecule has 1 aromatic rings. The van der Waals surface area contributed by atoms with E-state index in [-0.39, 0.29) is 23.5 Å². The van der Waals surface area contributed by atoms with Gasteiger partial charge in [0.1, 0.15) is 5.82 Å². The van der Waals surface area contributed by atoms with Crippen LogP contribution < -0.4 is 10.2 Å². The van der Waals surface area contributed by atoms with Crippen molar-refractivity contribution in [1.29, 1.82) is 0 Å². The zero-order valence-electron chi connectivity index (χ0n) is 15.6. The second-order valence-corrected chi connectivity index (χ2v) is 9.32. The van der Waals surface area contributed by atoms with Crippen molar-refractivity contribution in [1.82, 2.24) is 10.3 Å². The van der Waals surface area contributed by atoms with Crippen LogP contribution in [0.4, 0.5) is 10.2 Å². The van der Waals surface area contributed by atoms with Crippen molar-refractivity contribution in [3.05, 3.63) is 24.1 Å². The van der Waals surface area contributed by atoms with E-state index in [1.807, 2.05) is 6.07 Å². The van der Waals surface area contributed by atoms with Crippen molar-refractivity contribution >= 4 is 11.7 Å². The number of hydrogen-bond acceptors (Lipinski definition) is 4. The minimum Gasteiger partial charge on any atom is -0.393 e. The zero-order valence-corrected chi connectivity index (χ0v) is 15.6. The lowest BCUT2D eigenvalue weighted by molar-refractivity contribution is -0.163. The van der Waals surface area contributed by atoms with Gasteiger partial charge in [0, 0.05) is 19.1 Å². The van der Waals surface area contributed by atoms with Crippen molar-refractivity contribution in [2.75, 3.05) is 18.0 Å². The summed E-state index contributed by atoms with van der Waals surface area (Å²) in [6.45, 7) is 1.52. The van der Waals surface area contributed by atoms with Crippen LogP contribution in [-0.2, 0) is 4.79 Å². The number of pyridine rings is 1. The predicted octanol–water partition coefficient (Wildman–Crippen LogP) is 2.49. The largest absolute Gasteiger partial charge is 0.393 e. The molecule has 6 rings (SSSR count). The van der Waals surface area contributed by atoms with Gasteiger partial charge in [-0.25, -0.2) is 4.98 Å². The van der Waals surface area contributed by atoms with Gasteiger partial charge in [0.05, 0.1) is 11.5 Å². The first-order chi connectivity index (χ1) is 13.0. The van der Waals surface area contributed by atoms with E-state index in [1.54, 1.807) is 6.07 Å². The van der Waals surface area contributed by atoms with Crippen LogP contribution in [0.2, 0.25) is 0 Å². The van der Waals surface area contributed by atoms with Crippen LogP contribution >= 0.6 is 0 Å². The van der Waals surface area contributed by atoms with E-state index in [2.05, 4.69) is 15.2 Å². The Kier molecular flexibility index (Phi) is 4.15. The normalized spacial score (nSPS) is 40.2. The lowest BCUT2D eigenvalue weighted by atomic mass is 9.48. The van der Waals surface area contributed by atoms with E-state index in [0.29, 0.717) is 30.1 Å². The minimum absolute atomic E-state index is 0.0780. The number of aliphatic hydroxyl groups excluding tert-OH is 1. The molecule has 2 N–H and O–H groups in total. The van der Waals surface area contributed by atoms with Crippen LogP contribution in [0.15, 0.2) is 18.2 Å². The molecular weight excluding hydrogens is 345 g/mol. The van der Waals surface area contributed by atoms with Crippen LogP contribution in [-0.4, -0.2) is 41.2 Å². The molecule has 0 radical (unpaired) electrons. The molecule has 2 unspecified atom stereocenters. The maximum Gasteiger partial charge on any atom is 0.226 e. The minimum atomic E-state index is -0.467. The molecule has 4 saturated carbocycles. The Labute approximate surface area is 159 Å². The number of nitrogens with zero attached hydrogens (tertiary/aromatic N) is 2. The Morgan fingerprint density at radius 1 is 1.26 bits per heavy atom. The number of aromatic nitrogens is 1. The highest BCUT2D eigenvalue weighted by atomic mass is 19.1. The van der Waals surface area contributed by atoms with Crippen molar-refractivity contribution in [2.45, 2.75) is 57.1 Å². The third-order valence-corrected chi connectivity index (χ3v) is 7.49. The fourth-order valence-corrected chi connectivity index (χ4v) is 6.49. The predicted molar refractivity (Wildman–Crippen MR) is 99.6 cm³/mol. The lowest BCUT2D eigenvalue weighted by Gasteiger charge is -2.58. The molecule has 1 aliphatic heterocycles.